The van der Waals surface area contributed by atoms with Crippen molar-refractivity contribution in [2.24, 2.45) is 0 Å². The zero-order chi connectivity index (χ0) is 15.2. The van der Waals surface area contributed by atoms with Crippen molar-refractivity contribution in [1.29, 1.82) is 0 Å². The first-order valence-electron chi connectivity index (χ1n) is 7.27. The number of hydrogen-bond acceptors (Lipinski definition) is 4. The lowest BCUT2D eigenvalue weighted by Crippen LogP contribution is -2.21. The highest BCUT2D eigenvalue weighted by molar-refractivity contribution is 7.12. The van der Waals surface area contributed by atoms with E-state index in [1.807, 2.05) is 23.5 Å². The van der Waals surface area contributed by atoms with Crippen LogP contribution in [-0.2, 0) is 6.42 Å². The van der Waals surface area contributed by atoms with Gasteiger partial charge in [0, 0.05) is 15.3 Å². The average Bonchev–Trinajstić information content (AvgIpc) is 3.00. The van der Waals surface area contributed by atoms with E-state index in [-0.39, 0.29) is 6.04 Å². The molecule has 1 unspecified atom stereocenters. The van der Waals surface area contributed by atoms with Crippen molar-refractivity contribution in [3.05, 3.63) is 45.6 Å². The summed E-state index contributed by atoms with van der Waals surface area (Å²) in [4.78, 5) is 2.70. The Bertz CT molecular complexity index is 580. The van der Waals surface area contributed by atoms with Gasteiger partial charge in [-0.15, -0.1) is 11.3 Å². The Kier molecular flexibility index (Phi) is 5.65. The van der Waals surface area contributed by atoms with Gasteiger partial charge in [-0.2, -0.15) is 0 Å². The number of nitrogens with one attached hydrogen (secondary N) is 1. The molecule has 2 rings (SSSR count). The maximum Gasteiger partial charge on any atom is 0.124 e. The number of thiophene rings is 1. The van der Waals surface area contributed by atoms with Crippen LogP contribution in [0.3, 0.4) is 0 Å². The third-order valence-corrected chi connectivity index (χ3v) is 4.77. The topological polar surface area (TPSA) is 30.5 Å². The van der Waals surface area contributed by atoms with Crippen LogP contribution in [-0.4, -0.2) is 20.8 Å². The molecule has 0 radical (unpaired) electrons. The van der Waals surface area contributed by atoms with E-state index in [0.717, 1.165) is 30.0 Å². The average molecular weight is 305 g/mol. The second-order valence-electron chi connectivity index (χ2n) is 4.76. The van der Waals surface area contributed by atoms with Crippen molar-refractivity contribution in [3.8, 4) is 11.5 Å². The van der Waals surface area contributed by atoms with E-state index in [0.29, 0.717) is 0 Å². The Morgan fingerprint density at radius 2 is 1.90 bits per heavy atom. The van der Waals surface area contributed by atoms with Crippen LogP contribution in [0.4, 0.5) is 0 Å². The molecule has 1 N–H and O–H groups in total. The molecule has 21 heavy (non-hydrogen) atoms. The third-order valence-electron chi connectivity index (χ3n) is 3.47. The maximum absolute atomic E-state index is 5.54. The van der Waals surface area contributed by atoms with Gasteiger partial charge in [0.25, 0.3) is 0 Å². The summed E-state index contributed by atoms with van der Waals surface area (Å²) in [5, 5.41) is 3.55. The minimum Gasteiger partial charge on any atom is -0.497 e. The number of methoxy groups -OCH3 is 2. The van der Waals surface area contributed by atoms with Gasteiger partial charge in [-0.3, -0.25) is 0 Å². The number of rotatable bonds is 7. The Hall–Kier alpha value is -1.52. The van der Waals surface area contributed by atoms with Gasteiger partial charge in [0.15, 0.2) is 0 Å². The molecule has 0 aliphatic carbocycles. The van der Waals surface area contributed by atoms with Gasteiger partial charge >= 0.3 is 0 Å². The zero-order valence-corrected chi connectivity index (χ0v) is 13.9. The third kappa shape index (κ3) is 3.57. The van der Waals surface area contributed by atoms with E-state index in [4.69, 9.17) is 9.47 Å². The highest BCUT2D eigenvalue weighted by Crippen LogP contribution is 2.36. The molecule has 3 nitrogen and oxygen atoms in total. The Balaban J connectivity index is 2.45. The Labute approximate surface area is 130 Å². The Morgan fingerprint density at radius 3 is 2.48 bits per heavy atom. The normalized spacial score (nSPS) is 12.2. The summed E-state index contributed by atoms with van der Waals surface area (Å²) < 4.78 is 10.9. The van der Waals surface area contributed by atoms with Gasteiger partial charge in [0.2, 0.25) is 0 Å². The summed E-state index contributed by atoms with van der Waals surface area (Å²) in [6.45, 7) is 5.20. The Morgan fingerprint density at radius 1 is 1.10 bits per heavy atom. The van der Waals surface area contributed by atoms with E-state index < -0.39 is 0 Å². The van der Waals surface area contributed by atoms with Crippen LogP contribution in [0.1, 0.15) is 35.2 Å². The van der Waals surface area contributed by atoms with Gasteiger partial charge in [-0.05, 0) is 43.3 Å². The number of hydrogen-bond donors (Lipinski definition) is 1. The fraction of sp³-hybridized carbons (Fsp3) is 0.412. The second-order valence-corrected chi connectivity index (χ2v) is 5.96. The first kappa shape index (κ1) is 15.9. The molecule has 0 amide bonds. The molecule has 0 saturated carbocycles. The van der Waals surface area contributed by atoms with Gasteiger partial charge in [0.05, 0.1) is 20.3 Å². The van der Waals surface area contributed by atoms with Crippen molar-refractivity contribution in [2.45, 2.75) is 26.3 Å². The number of ether oxygens (including phenoxy) is 2. The molecule has 1 aromatic heterocycles. The van der Waals surface area contributed by atoms with E-state index in [1.165, 1.54) is 9.75 Å². The quantitative estimate of drug-likeness (QED) is 0.838. The first-order chi connectivity index (χ1) is 10.2. The van der Waals surface area contributed by atoms with Crippen LogP contribution in [0.2, 0.25) is 0 Å². The fourth-order valence-corrected chi connectivity index (χ4v) is 3.42. The van der Waals surface area contributed by atoms with Crippen LogP contribution in [0.25, 0.3) is 0 Å². The lowest BCUT2D eigenvalue weighted by atomic mass is 10.0. The molecule has 0 aliphatic rings. The molecule has 0 spiro atoms. The summed E-state index contributed by atoms with van der Waals surface area (Å²) in [5.74, 6) is 1.73. The van der Waals surface area contributed by atoms with Crippen LogP contribution >= 0.6 is 11.3 Å². The van der Waals surface area contributed by atoms with Crippen LogP contribution < -0.4 is 14.8 Å². The standard InChI is InChI=1S/C17H23NO2S/c1-5-13-8-10-16(21-13)17(18-6-2)14-11-12(19-3)7-9-15(14)20-4/h7-11,17-18H,5-6H2,1-4H3. The second kappa shape index (κ2) is 7.48. The van der Waals surface area contributed by atoms with Gasteiger partial charge < -0.3 is 14.8 Å². The molecule has 0 bridgehead atoms. The molecule has 1 atom stereocenters. The number of benzene rings is 1. The molecule has 0 fully saturated rings. The van der Waals surface area contributed by atoms with Crippen molar-refractivity contribution in [2.75, 3.05) is 20.8 Å². The van der Waals surface area contributed by atoms with Crippen LogP contribution in [0.5, 0.6) is 11.5 Å². The van der Waals surface area contributed by atoms with E-state index in [1.54, 1.807) is 14.2 Å². The van der Waals surface area contributed by atoms with E-state index >= 15 is 0 Å². The lowest BCUT2D eigenvalue weighted by molar-refractivity contribution is 0.394. The van der Waals surface area contributed by atoms with Gasteiger partial charge in [0.1, 0.15) is 11.5 Å². The zero-order valence-electron chi connectivity index (χ0n) is 13.1. The summed E-state index contributed by atoms with van der Waals surface area (Å²) in [6.07, 6.45) is 1.07. The molecule has 1 aromatic carbocycles. The van der Waals surface area contributed by atoms with Gasteiger partial charge in [-0.1, -0.05) is 13.8 Å². The molecular weight excluding hydrogens is 282 g/mol. The SMILES string of the molecule is CCNC(c1ccc(CC)s1)c1cc(OC)ccc1OC. The fourth-order valence-electron chi connectivity index (χ4n) is 2.37. The molecule has 114 valence electrons. The van der Waals surface area contributed by atoms with Crippen LogP contribution in [0, 0.1) is 0 Å². The summed E-state index contributed by atoms with van der Waals surface area (Å²) in [6, 6.07) is 10.5. The first-order valence-corrected chi connectivity index (χ1v) is 8.09. The predicted octanol–water partition coefficient (Wildman–Crippen LogP) is 4.03. The summed E-state index contributed by atoms with van der Waals surface area (Å²) in [7, 11) is 3.40. The molecule has 4 heteroatoms. The highest BCUT2D eigenvalue weighted by Gasteiger charge is 2.20. The highest BCUT2D eigenvalue weighted by atomic mass is 32.1. The summed E-state index contributed by atoms with van der Waals surface area (Å²) in [5.41, 5.74) is 1.11. The predicted molar refractivity (Wildman–Crippen MR) is 88.8 cm³/mol. The van der Waals surface area contributed by atoms with E-state index in [9.17, 15) is 0 Å². The van der Waals surface area contributed by atoms with Crippen molar-refractivity contribution >= 4 is 11.3 Å². The number of aryl methyl sites for hydroxylation is 1. The molecule has 0 saturated heterocycles. The molecular formula is C17H23NO2S. The minimum absolute atomic E-state index is 0.130. The lowest BCUT2D eigenvalue weighted by Gasteiger charge is -2.20. The van der Waals surface area contributed by atoms with Crippen molar-refractivity contribution < 1.29 is 9.47 Å². The largest absolute Gasteiger partial charge is 0.497 e. The smallest absolute Gasteiger partial charge is 0.124 e. The molecule has 2 aromatic rings. The van der Waals surface area contributed by atoms with Crippen molar-refractivity contribution in [3.63, 3.8) is 0 Å². The van der Waals surface area contributed by atoms with Crippen molar-refractivity contribution in [1.82, 2.24) is 5.32 Å². The van der Waals surface area contributed by atoms with Gasteiger partial charge in [-0.25, -0.2) is 0 Å². The molecule has 0 aliphatic heterocycles. The molecule has 1 heterocycles. The maximum atomic E-state index is 5.54. The van der Waals surface area contributed by atoms with E-state index in [2.05, 4.69) is 37.4 Å². The van der Waals surface area contributed by atoms with Crippen LogP contribution in [0.15, 0.2) is 30.3 Å². The monoisotopic (exact) mass is 305 g/mol. The summed E-state index contributed by atoms with van der Waals surface area (Å²) >= 11 is 1.85. The minimum atomic E-state index is 0.130.